The van der Waals surface area contributed by atoms with Gasteiger partial charge in [-0.3, -0.25) is 60.0 Å². The van der Waals surface area contributed by atoms with E-state index in [-0.39, 0.29) is 124 Å². The molecule has 0 aliphatic carbocycles. The number of amides is 8. The summed E-state index contributed by atoms with van der Waals surface area (Å²) in [7, 11) is 5.32. The van der Waals surface area contributed by atoms with Gasteiger partial charge in [0, 0.05) is 48.9 Å². The molecule has 0 saturated heterocycles. The first-order chi connectivity index (χ1) is 44.4. The maximum atomic E-state index is 14.5. The molecule has 33 heteroatoms. The molecule has 33 nitrogen and oxygen atoms in total. The smallest absolute Gasteiger partial charge is 0.255 e. The Morgan fingerprint density at radius 3 is 0.871 bits per heavy atom. The summed E-state index contributed by atoms with van der Waals surface area (Å²) in [6.07, 6.45) is 4.01. The maximum absolute atomic E-state index is 14.5. The molecule has 0 aliphatic heterocycles. The number of carbonyl (C=O) groups is 8. The Balaban J connectivity index is 1.60. The van der Waals surface area contributed by atoms with Crippen molar-refractivity contribution in [1.29, 1.82) is 21.6 Å². The molecule has 0 aromatic heterocycles. The summed E-state index contributed by atoms with van der Waals surface area (Å²) in [5, 5.41) is 59.8. The topological polar surface area (TPSA) is 557 Å². The van der Waals surface area contributed by atoms with Crippen LogP contribution >= 0.6 is 0 Å². The summed E-state index contributed by atoms with van der Waals surface area (Å²) < 4.78 is 21.8. The highest BCUT2D eigenvalue weighted by molar-refractivity contribution is 6.08. The first-order valence-electron chi connectivity index (χ1n) is 29.6. The van der Waals surface area contributed by atoms with Crippen molar-refractivity contribution >= 4 is 93.8 Å². The molecule has 0 unspecified atom stereocenters. The van der Waals surface area contributed by atoms with Gasteiger partial charge in [0.1, 0.15) is 41.1 Å². The lowest BCUT2D eigenvalue weighted by atomic mass is 10.0. The number of benzene rings is 4. The Hall–Kier alpha value is -11.1. The number of rotatable bonds is 39. The van der Waals surface area contributed by atoms with Crippen LogP contribution in [0, 0.1) is 21.6 Å². The SMILES string of the molecule is COc1ccc(NC(=O)[C@@H](CCCCNC(=N)N)NC(=O)c2cc(NC(=O)[C@@H](CCCCNC(=N)N)NC(=O)c3cc(NC(=O)[C@@H](CCCCNC(=N)N)NC(=O)c4cc(NC(=O)[C@H](N)CCCCNC(=N)N)ccc4OC)ccc3OC)ccc2OC)cc1C(N)=O. The number of nitrogens with one attached hydrogen (secondary N) is 15. The van der Waals surface area contributed by atoms with Crippen molar-refractivity contribution in [3.8, 4) is 23.0 Å². The third kappa shape index (κ3) is 25.4. The van der Waals surface area contributed by atoms with Crippen LogP contribution in [-0.2, 0) is 19.2 Å². The molecule has 0 aliphatic rings. The third-order valence-electron chi connectivity index (χ3n) is 14.0. The molecule has 8 amide bonds. The summed E-state index contributed by atoms with van der Waals surface area (Å²) >= 11 is 0. The molecule has 4 atom stereocenters. The van der Waals surface area contributed by atoms with Crippen LogP contribution in [0.5, 0.6) is 23.0 Å². The second-order valence-corrected chi connectivity index (χ2v) is 21.0. The van der Waals surface area contributed by atoms with E-state index < -0.39 is 71.4 Å². The van der Waals surface area contributed by atoms with E-state index in [0.29, 0.717) is 70.9 Å². The molecule has 27 N–H and O–H groups in total. The normalized spacial score (nSPS) is 11.9. The summed E-state index contributed by atoms with van der Waals surface area (Å²) in [5.41, 5.74) is 33.7. The molecule has 93 heavy (non-hydrogen) atoms. The first-order valence-corrected chi connectivity index (χ1v) is 29.6. The predicted octanol–water partition coefficient (Wildman–Crippen LogP) is 0.910. The minimum absolute atomic E-state index is 0.00297. The van der Waals surface area contributed by atoms with E-state index in [2.05, 4.69) is 58.5 Å². The van der Waals surface area contributed by atoms with Gasteiger partial charge in [0.2, 0.25) is 23.6 Å². The van der Waals surface area contributed by atoms with Gasteiger partial charge in [-0.1, -0.05) is 0 Å². The summed E-state index contributed by atoms with van der Waals surface area (Å²) in [6.45, 7) is 1.30. The molecular weight excluding hydrogens is 1210 g/mol. The Labute approximate surface area is 537 Å². The van der Waals surface area contributed by atoms with Crippen LogP contribution in [0.15, 0.2) is 72.8 Å². The molecule has 0 radical (unpaired) electrons. The van der Waals surface area contributed by atoms with Crippen molar-refractivity contribution in [2.24, 2.45) is 34.4 Å². The van der Waals surface area contributed by atoms with Crippen LogP contribution in [0.3, 0.4) is 0 Å². The Kier molecular flexibility index (Phi) is 30.7. The second-order valence-electron chi connectivity index (χ2n) is 21.0. The van der Waals surface area contributed by atoms with Gasteiger partial charge in [0.05, 0.1) is 56.7 Å². The Morgan fingerprint density at radius 1 is 0.366 bits per heavy atom. The molecule has 0 heterocycles. The van der Waals surface area contributed by atoms with Crippen LogP contribution in [0.2, 0.25) is 0 Å². The number of guanidine groups is 4. The average molecular weight is 1290 g/mol. The van der Waals surface area contributed by atoms with Crippen molar-refractivity contribution in [2.45, 2.75) is 101 Å². The summed E-state index contributed by atoms with van der Waals surface area (Å²) in [4.78, 5) is 111. The minimum atomic E-state index is -1.28. The van der Waals surface area contributed by atoms with Gasteiger partial charge < -0.3 is 112 Å². The number of carbonyl (C=O) groups excluding carboxylic acids is 8. The highest BCUT2D eigenvalue weighted by Crippen LogP contribution is 2.28. The zero-order valence-corrected chi connectivity index (χ0v) is 52.4. The van der Waals surface area contributed by atoms with Gasteiger partial charge in [0.15, 0.2) is 23.8 Å². The van der Waals surface area contributed by atoms with Gasteiger partial charge in [-0.2, -0.15) is 0 Å². The molecule has 0 spiro atoms. The van der Waals surface area contributed by atoms with E-state index >= 15 is 0 Å². The van der Waals surface area contributed by atoms with Crippen LogP contribution in [-0.4, -0.2) is 150 Å². The number of methoxy groups -OCH3 is 4. The zero-order valence-electron chi connectivity index (χ0n) is 52.4. The highest BCUT2D eigenvalue weighted by atomic mass is 16.5. The lowest BCUT2D eigenvalue weighted by Gasteiger charge is -2.22. The van der Waals surface area contributed by atoms with E-state index in [4.69, 9.17) is 75.0 Å². The lowest BCUT2D eigenvalue weighted by molar-refractivity contribution is -0.118. The van der Waals surface area contributed by atoms with Gasteiger partial charge >= 0.3 is 0 Å². The minimum Gasteiger partial charge on any atom is -0.496 e. The van der Waals surface area contributed by atoms with Crippen molar-refractivity contribution in [2.75, 3.05) is 75.9 Å². The molecular formula is C60H87N21O12. The lowest BCUT2D eigenvalue weighted by Crippen LogP contribution is -2.44. The first kappa shape index (κ1) is 74.3. The van der Waals surface area contributed by atoms with Crippen LogP contribution in [0.25, 0.3) is 0 Å². The highest BCUT2D eigenvalue weighted by Gasteiger charge is 2.29. The van der Waals surface area contributed by atoms with Crippen molar-refractivity contribution < 1.29 is 57.3 Å². The number of nitrogens with two attached hydrogens (primary N) is 6. The summed E-state index contributed by atoms with van der Waals surface area (Å²) in [5.74, 6) is -6.30. The molecule has 0 bridgehead atoms. The zero-order chi connectivity index (χ0) is 68.6. The fraction of sp³-hybridized carbons (Fsp3) is 0.400. The average Bonchev–Trinajstić information content (AvgIpc) is 1.01. The van der Waals surface area contributed by atoms with E-state index in [9.17, 15) is 38.4 Å². The van der Waals surface area contributed by atoms with E-state index in [1.54, 1.807) is 0 Å². The van der Waals surface area contributed by atoms with Crippen molar-refractivity contribution in [3.63, 3.8) is 0 Å². The quantitative estimate of drug-likeness (QED) is 0.0168. The molecule has 4 rings (SSSR count). The van der Waals surface area contributed by atoms with Crippen molar-refractivity contribution in [3.05, 3.63) is 95.1 Å². The molecule has 4 aromatic rings. The van der Waals surface area contributed by atoms with E-state index in [1.165, 1.54) is 101 Å². The Bertz CT molecular complexity index is 3310. The molecule has 504 valence electrons. The fourth-order valence-corrected chi connectivity index (χ4v) is 9.24. The molecule has 0 saturated carbocycles. The predicted molar refractivity (Wildman–Crippen MR) is 352 cm³/mol. The van der Waals surface area contributed by atoms with Gasteiger partial charge in [0.25, 0.3) is 23.6 Å². The largest absolute Gasteiger partial charge is 0.496 e. The van der Waals surface area contributed by atoms with Gasteiger partial charge in [-0.25, -0.2) is 0 Å². The van der Waals surface area contributed by atoms with Crippen molar-refractivity contribution in [1.82, 2.24) is 37.2 Å². The van der Waals surface area contributed by atoms with Crippen LogP contribution in [0.4, 0.5) is 22.7 Å². The van der Waals surface area contributed by atoms with Gasteiger partial charge in [-0.15, -0.1) is 0 Å². The molecule has 4 aromatic carbocycles. The number of hydrogen-bond donors (Lipinski definition) is 21. The van der Waals surface area contributed by atoms with E-state index in [0.717, 1.165) is 0 Å². The number of anilines is 4. The van der Waals surface area contributed by atoms with E-state index in [1.807, 2.05) is 0 Å². The van der Waals surface area contributed by atoms with Crippen LogP contribution < -0.4 is 112 Å². The number of primary amides is 1. The second kappa shape index (κ2) is 38.4. The monoisotopic (exact) mass is 1290 g/mol. The number of hydrogen-bond acceptors (Lipinski definition) is 17. The summed E-state index contributed by atoms with van der Waals surface area (Å²) in [6, 6.07) is 12.4. The standard InChI is InChI=1S/C60H87N21O12/c1-90-45-21-17-33(29-37(45)49(62)82)76-54(87)42(14-6-10-26-72-58(65)66)79-51(84)39-31-35(19-23-47(39)92-3)78-56(89)44(16-8-12-28-74-60(69)70)81-52(85)40-32-36(20-24-48(40)93-4)77-55(88)43(15-7-11-27-73-59(67)68)80-50(83)38-30-34(18-22-46(38)91-2)75-53(86)41(61)13-5-9-25-71-57(63)64/h17-24,29-32,41-44H,5-16,25-28,61H2,1-4H3,(H2,62,82)(H,75,86)(H,76,87)(H,77,88)(H,78,89)(H,79,84)(H,80,83)(H,81,85)(H4,63,64,71)(H4,65,66,72)(H4,67,68,73)(H4,69,70,74)/t41-,42-,43-,44-/m1/s1. The Morgan fingerprint density at radius 2 is 0.613 bits per heavy atom. The number of ether oxygens (including phenoxy) is 4. The molecule has 0 fully saturated rings. The number of unbranched alkanes of at least 4 members (excludes halogenated alkanes) is 4. The van der Waals surface area contributed by atoms with Gasteiger partial charge in [-0.05, 0) is 150 Å². The third-order valence-corrected chi connectivity index (χ3v) is 14.0. The fourth-order valence-electron chi connectivity index (χ4n) is 9.24. The van der Waals surface area contributed by atoms with Crippen LogP contribution in [0.1, 0.15) is 118 Å². The maximum Gasteiger partial charge on any atom is 0.255 e.